The Balaban J connectivity index is 0.848. The normalized spacial score (nSPS) is 38.8. The molecule has 0 radical (unpaired) electrons. The third kappa shape index (κ3) is 4.96. The summed E-state index contributed by atoms with van der Waals surface area (Å²) in [6.07, 6.45) is 12.3. The SMILES string of the molecule is CC12CCC3c4ccc(OC(=O)CCC(=O)Oc5ccc6c(c5)CCC5C6CCC6(C)C(O)CCC56)cc4CCC3C1CCC2O. The molecule has 2 aromatic carbocycles. The van der Waals surface area contributed by atoms with Crippen LogP contribution in [0.15, 0.2) is 36.4 Å². The Morgan fingerprint density at radius 3 is 1.52 bits per heavy atom. The van der Waals surface area contributed by atoms with Gasteiger partial charge in [-0.3, -0.25) is 9.59 Å². The van der Waals surface area contributed by atoms with Crippen LogP contribution < -0.4 is 9.47 Å². The van der Waals surface area contributed by atoms with Gasteiger partial charge in [-0.25, -0.2) is 0 Å². The first-order valence-corrected chi connectivity index (χ1v) is 18.2. The van der Waals surface area contributed by atoms with Gasteiger partial charge in [0.25, 0.3) is 0 Å². The van der Waals surface area contributed by atoms with Gasteiger partial charge in [0.2, 0.25) is 0 Å². The van der Waals surface area contributed by atoms with Gasteiger partial charge in [-0.05, 0) is 170 Å². The van der Waals surface area contributed by atoms with Gasteiger partial charge in [-0.1, -0.05) is 26.0 Å². The summed E-state index contributed by atoms with van der Waals surface area (Å²) in [5.41, 5.74) is 5.46. The van der Waals surface area contributed by atoms with E-state index in [2.05, 4.69) is 26.0 Å². The van der Waals surface area contributed by atoms with Crippen molar-refractivity contribution in [1.29, 1.82) is 0 Å². The summed E-state index contributed by atoms with van der Waals surface area (Å²) in [5.74, 6) is 3.75. The molecule has 0 amide bonds. The molecule has 4 saturated carbocycles. The predicted octanol–water partition coefficient (Wildman–Crippen LogP) is 7.41. The van der Waals surface area contributed by atoms with Crippen LogP contribution in [0.25, 0.3) is 0 Å². The summed E-state index contributed by atoms with van der Waals surface area (Å²) in [5, 5.41) is 21.3. The maximum absolute atomic E-state index is 12.7. The summed E-state index contributed by atoms with van der Waals surface area (Å²) in [6, 6.07) is 12.2. The second-order valence-corrected chi connectivity index (χ2v) is 16.3. The molecule has 6 aliphatic rings. The van der Waals surface area contributed by atoms with E-state index in [0.717, 1.165) is 77.0 Å². The van der Waals surface area contributed by atoms with E-state index in [4.69, 9.17) is 9.47 Å². The molecule has 246 valence electrons. The molecular formula is C40H50O6. The summed E-state index contributed by atoms with van der Waals surface area (Å²) in [6.45, 7) is 4.60. The molecule has 0 heterocycles. The minimum Gasteiger partial charge on any atom is -0.427 e. The van der Waals surface area contributed by atoms with Crippen molar-refractivity contribution in [2.75, 3.05) is 0 Å². The Bertz CT molecular complexity index is 1420. The quantitative estimate of drug-likeness (QED) is 0.265. The fourth-order valence-electron chi connectivity index (χ4n) is 11.8. The average molecular weight is 627 g/mol. The van der Waals surface area contributed by atoms with E-state index in [1.807, 2.05) is 24.3 Å². The third-order valence-corrected chi connectivity index (χ3v) is 14.3. The van der Waals surface area contributed by atoms with Crippen molar-refractivity contribution in [3.8, 4) is 11.5 Å². The van der Waals surface area contributed by atoms with Crippen LogP contribution in [-0.2, 0) is 22.4 Å². The van der Waals surface area contributed by atoms with Crippen molar-refractivity contribution >= 4 is 11.9 Å². The van der Waals surface area contributed by atoms with Gasteiger partial charge in [0.1, 0.15) is 11.5 Å². The van der Waals surface area contributed by atoms with E-state index in [-0.39, 0.29) is 35.9 Å². The molecular weight excluding hydrogens is 576 g/mol. The number of esters is 2. The van der Waals surface area contributed by atoms with Gasteiger partial charge >= 0.3 is 11.9 Å². The van der Waals surface area contributed by atoms with Gasteiger partial charge in [0.15, 0.2) is 0 Å². The molecule has 8 rings (SSSR count). The Labute approximate surface area is 273 Å². The third-order valence-electron chi connectivity index (χ3n) is 14.3. The Morgan fingerprint density at radius 1 is 0.652 bits per heavy atom. The molecule has 6 heteroatoms. The van der Waals surface area contributed by atoms with E-state index < -0.39 is 11.9 Å². The first kappa shape index (κ1) is 30.6. The van der Waals surface area contributed by atoms with Crippen LogP contribution in [0.1, 0.15) is 125 Å². The zero-order valence-electron chi connectivity index (χ0n) is 27.5. The first-order chi connectivity index (χ1) is 22.1. The molecule has 46 heavy (non-hydrogen) atoms. The standard InChI is InChI=1S/C40H50O6/c1-39-19-17-29-27-9-5-25(21-23(27)3-7-31(29)33(39)11-13-35(39)41)45-37(43)15-16-38(44)46-26-6-10-28-24(22-26)4-8-32-30(28)18-20-40(2)34(32)12-14-36(40)42/h5-6,9-10,21-22,29-36,41-42H,3-4,7-8,11-20H2,1-2H3. The zero-order chi connectivity index (χ0) is 31.8. The van der Waals surface area contributed by atoms with Crippen molar-refractivity contribution in [3.63, 3.8) is 0 Å². The lowest BCUT2D eigenvalue weighted by atomic mass is 9.55. The minimum atomic E-state index is -0.420. The molecule has 0 saturated heterocycles. The zero-order valence-corrected chi connectivity index (χ0v) is 27.5. The smallest absolute Gasteiger partial charge is 0.311 e. The number of hydrogen-bond donors (Lipinski definition) is 2. The molecule has 2 aromatic rings. The second-order valence-electron chi connectivity index (χ2n) is 16.3. The van der Waals surface area contributed by atoms with E-state index in [0.29, 0.717) is 47.0 Å². The van der Waals surface area contributed by atoms with E-state index >= 15 is 0 Å². The lowest BCUT2D eigenvalue weighted by Crippen LogP contribution is -2.43. The molecule has 2 N–H and O–H groups in total. The lowest BCUT2D eigenvalue weighted by molar-refractivity contribution is -0.140. The number of aliphatic hydroxyl groups excluding tert-OH is 2. The number of hydrogen-bond acceptors (Lipinski definition) is 6. The topological polar surface area (TPSA) is 93.1 Å². The van der Waals surface area contributed by atoms with Gasteiger partial charge in [0, 0.05) is 0 Å². The number of rotatable bonds is 5. The summed E-state index contributed by atoms with van der Waals surface area (Å²) >= 11 is 0. The van der Waals surface area contributed by atoms with Gasteiger partial charge in [0.05, 0.1) is 25.0 Å². The molecule has 10 unspecified atom stereocenters. The highest BCUT2D eigenvalue weighted by molar-refractivity contribution is 5.80. The molecule has 4 fully saturated rings. The molecule has 10 atom stereocenters. The van der Waals surface area contributed by atoms with Gasteiger partial charge < -0.3 is 19.7 Å². The van der Waals surface area contributed by atoms with Crippen LogP contribution in [0.5, 0.6) is 11.5 Å². The largest absolute Gasteiger partial charge is 0.427 e. The number of carbonyl (C=O) groups is 2. The van der Waals surface area contributed by atoms with Crippen LogP contribution in [0, 0.1) is 34.5 Å². The van der Waals surface area contributed by atoms with Crippen molar-refractivity contribution in [2.24, 2.45) is 34.5 Å². The number of carbonyl (C=O) groups excluding carboxylic acids is 2. The number of ether oxygens (including phenoxy) is 2. The molecule has 0 bridgehead atoms. The Morgan fingerprint density at radius 2 is 1.09 bits per heavy atom. The van der Waals surface area contributed by atoms with Crippen LogP contribution in [-0.4, -0.2) is 34.4 Å². The summed E-state index contributed by atoms with van der Waals surface area (Å²) in [4.78, 5) is 25.5. The Hall–Kier alpha value is -2.70. The average Bonchev–Trinajstić information content (AvgIpc) is 3.53. The van der Waals surface area contributed by atoms with Crippen LogP contribution >= 0.6 is 0 Å². The van der Waals surface area contributed by atoms with Crippen LogP contribution in [0.2, 0.25) is 0 Å². The Kier molecular flexibility index (Phi) is 7.64. The fraction of sp³-hybridized carbons (Fsp3) is 0.650. The van der Waals surface area contributed by atoms with E-state index in [1.54, 1.807) is 0 Å². The van der Waals surface area contributed by atoms with Crippen molar-refractivity contribution in [1.82, 2.24) is 0 Å². The summed E-state index contributed by atoms with van der Waals surface area (Å²) in [7, 11) is 0. The second kappa shape index (κ2) is 11.5. The maximum Gasteiger partial charge on any atom is 0.311 e. The van der Waals surface area contributed by atoms with Crippen LogP contribution in [0.3, 0.4) is 0 Å². The predicted molar refractivity (Wildman–Crippen MR) is 175 cm³/mol. The number of benzene rings is 2. The van der Waals surface area contributed by atoms with Crippen molar-refractivity contribution < 1.29 is 29.3 Å². The van der Waals surface area contributed by atoms with Gasteiger partial charge in [-0.2, -0.15) is 0 Å². The van der Waals surface area contributed by atoms with Gasteiger partial charge in [-0.15, -0.1) is 0 Å². The molecule has 6 aliphatic carbocycles. The molecule has 0 aromatic heterocycles. The van der Waals surface area contributed by atoms with Crippen LogP contribution in [0.4, 0.5) is 0 Å². The van der Waals surface area contributed by atoms with E-state index in [9.17, 15) is 19.8 Å². The van der Waals surface area contributed by atoms with Crippen molar-refractivity contribution in [2.45, 2.75) is 128 Å². The molecule has 0 spiro atoms. The number of fused-ring (bicyclic) bond motifs is 10. The number of aryl methyl sites for hydroxylation is 2. The molecule has 6 nitrogen and oxygen atoms in total. The first-order valence-electron chi connectivity index (χ1n) is 18.2. The minimum absolute atomic E-state index is 0.0239. The van der Waals surface area contributed by atoms with E-state index in [1.165, 1.54) is 22.3 Å². The molecule has 0 aliphatic heterocycles. The maximum atomic E-state index is 12.7. The highest BCUT2D eigenvalue weighted by Crippen LogP contribution is 2.62. The fourth-order valence-corrected chi connectivity index (χ4v) is 11.8. The lowest BCUT2D eigenvalue weighted by Gasteiger charge is -2.50. The summed E-state index contributed by atoms with van der Waals surface area (Å²) < 4.78 is 11.4. The van der Waals surface area contributed by atoms with Crippen molar-refractivity contribution in [3.05, 3.63) is 58.7 Å². The highest BCUT2D eigenvalue weighted by Gasteiger charge is 2.55. The highest BCUT2D eigenvalue weighted by atomic mass is 16.5. The number of aliphatic hydroxyl groups is 2. The monoisotopic (exact) mass is 626 g/mol.